The molecule has 0 radical (unpaired) electrons. The molecular formula is C17H21BO3. The molecule has 0 N–H and O–H groups in total. The van der Waals surface area contributed by atoms with Crippen LogP contribution in [0.3, 0.4) is 0 Å². The Kier molecular flexibility index (Phi) is 6.03. The molecule has 0 bridgehead atoms. The van der Waals surface area contributed by atoms with Crippen molar-refractivity contribution in [1.29, 1.82) is 0 Å². The number of carbonyl (C=O) groups is 1. The molecule has 0 fully saturated rings. The predicted octanol–water partition coefficient (Wildman–Crippen LogP) is 3.86. The molecule has 21 heavy (non-hydrogen) atoms. The molecule has 2 rings (SSSR count). The number of esters is 1. The van der Waals surface area contributed by atoms with Gasteiger partial charge in [0, 0.05) is 0 Å². The van der Waals surface area contributed by atoms with Crippen molar-refractivity contribution in [3.05, 3.63) is 54.1 Å². The van der Waals surface area contributed by atoms with E-state index in [9.17, 15) is 4.79 Å². The van der Waals surface area contributed by atoms with Crippen molar-refractivity contribution in [2.24, 2.45) is 0 Å². The number of rotatable bonds is 4. The van der Waals surface area contributed by atoms with Crippen LogP contribution in [0.1, 0.15) is 17.8 Å². The van der Waals surface area contributed by atoms with E-state index >= 15 is 0 Å². The molecule has 3 nitrogen and oxygen atoms in total. The number of carbonyl (C=O) groups excluding carboxylic acids is 1. The van der Waals surface area contributed by atoms with Gasteiger partial charge in [-0.05, 0) is 30.3 Å². The molecule has 0 aliphatic carbocycles. The number of benzene rings is 2. The van der Waals surface area contributed by atoms with Gasteiger partial charge in [0.2, 0.25) is 0 Å². The monoisotopic (exact) mass is 284 g/mol. The van der Waals surface area contributed by atoms with Crippen LogP contribution < -0.4 is 10.2 Å². The van der Waals surface area contributed by atoms with Gasteiger partial charge in [-0.1, -0.05) is 44.7 Å². The molecule has 0 heterocycles. The Morgan fingerprint density at radius 1 is 1.00 bits per heavy atom. The molecule has 0 saturated carbocycles. The Morgan fingerprint density at radius 3 is 2.24 bits per heavy atom. The van der Waals surface area contributed by atoms with E-state index in [0.717, 1.165) is 5.75 Å². The van der Waals surface area contributed by atoms with Crippen LogP contribution in [0.4, 0.5) is 0 Å². The third-order valence-electron chi connectivity index (χ3n) is 3.04. The van der Waals surface area contributed by atoms with E-state index in [2.05, 4.69) is 18.4 Å². The highest BCUT2D eigenvalue weighted by atomic mass is 16.5. The summed E-state index contributed by atoms with van der Waals surface area (Å²) in [5.41, 5.74) is 1.74. The summed E-state index contributed by atoms with van der Waals surface area (Å²) in [5.74, 6) is 0.993. The fourth-order valence-corrected chi connectivity index (χ4v) is 1.86. The van der Waals surface area contributed by atoms with Crippen molar-refractivity contribution in [2.75, 3.05) is 7.11 Å². The van der Waals surface area contributed by atoms with Crippen molar-refractivity contribution < 1.29 is 14.3 Å². The molecule has 0 aliphatic heterocycles. The third-order valence-corrected chi connectivity index (χ3v) is 3.04. The first-order chi connectivity index (χ1) is 9.60. The molecular weight excluding hydrogens is 263 g/mol. The summed E-state index contributed by atoms with van der Waals surface area (Å²) in [7, 11) is 1.36. The van der Waals surface area contributed by atoms with Crippen molar-refractivity contribution in [2.45, 2.75) is 21.1 Å². The zero-order valence-corrected chi connectivity index (χ0v) is 11.9. The molecule has 2 aromatic carbocycles. The third kappa shape index (κ3) is 4.38. The van der Waals surface area contributed by atoms with Gasteiger partial charge in [0.1, 0.15) is 11.5 Å². The smallest absolute Gasteiger partial charge is 0.337 e. The largest absolute Gasteiger partial charge is 0.465 e. The van der Waals surface area contributed by atoms with E-state index in [-0.39, 0.29) is 13.4 Å². The summed E-state index contributed by atoms with van der Waals surface area (Å²) in [6.45, 7) is 4.79. The van der Waals surface area contributed by atoms with E-state index in [4.69, 9.17) is 4.74 Å². The van der Waals surface area contributed by atoms with Crippen LogP contribution in [0.15, 0.2) is 48.5 Å². The summed E-state index contributed by atoms with van der Waals surface area (Å²) in [6, 6.07) is 14.9. The fraction of sp³-hybridized carbons (Fsp3) is 0.235. The van der Waals surface area contributed by atoms with E-state index in [1.54, 1.807) is 18.2 Å². The highest BCUT2D eigenvalue weighted by molar-refractivity contribution is 6.70. The molecule has 4 heteroatoms. The lowest BCUT2D eigenvalue weighted by Gasteiger charge is -2.08. The molecule has 0 aromatic heterocycles. The maximum Gasteiger partial charge on any atom is 0.337 e. The Bertz CT molecular complexity index is 591. The van der Waals surface area contributed by atoms with E-state index in [0.29, 0.717) is 18.0 Å². The molecule has 110 valence electrons. The van der Waals surface area contributed by atoms with Crippen LogP contribution >= 0.6 is 0 Å². The van der Waals surface area contributed by atoms with Gasteiger partial charge in [0.15, 0.2) is 6.71 Å². The average Bonchev–Trinajstić information content (AvgIpc) is 2.47. The molecule has 0 aliphatic rings. The lowest BCUT2D eigenvalue weighted by atomic mass is 9.49. The van der Waals surface area contributed by atoms with Crippen LogP contribution in [0.5, 0.6) is 11.5 Å². The quantitative estimate of drug-likeness (QED) is 0.631. The zero-order chi connectivity index (χ0) is 14.5. The first-order valence-electron chi connectivity index (χ1n) is 6.56. The van der Waals surface area contributed by atoms with Gasteiger partial charge in [-0.25, -0.2) is 4.79 Å². The van der Waals surface area contributed by atoms with Gasteiger partial charge in [-0.3, -0.25) is 0 Å². The van der Waals surface area contributed by atoms with Crippen LogP contribution in [0.25, 0.3) is 0 Å². The molecule has 0 spiro atoms. The van der Waals surface area contributed by atoms with Gasteiger partial charge >= 0.3 is 5.97 Å². The van der Waals surface area contributed by atoms with Gasteiger partial charge in [-0.2, -0.15) is 0 Å². The van der Waals surface area contributed by atoms with Crippen molar-refractivity contribution in [1.82, 2.24) is 0 Å². The van der Waals surface area contributed by atoms with Gasteiger partial charge in [0.25, 0.3) is 0 Å². The highest BCUT2D eigenvalue weighted by Gasteiger charge is 2.07. The zero-order valence-electron chi connectivity index (χ0n) is 11.9. The van der Waals surface area contributed by atoms with Crippen molar-refractivity contribution in [3.8, 4) is 11.5 Å². The lowest BCUT2D eigenvalue weighted by molar-refractivity contribution is 0.0600. The predicted molar refractivity (Wildman–Crippen MR) is 88.1 cm³/mol. The summed E-state index contributed by atoms with van der Waals surface area (Å²) in [6.07, 6.45) is 0. The second kappa shape index (κ2) is 7.53. The summed E-state index contributed by atoms with van der Waals surface area (Å²) < 4.78 is 10.4. The topological polar surface area (TPSA) is 35.5 Å². The number of hydrogen-bond donors (Lipinski definition) is 0. The summed E-state index contributed by atoms with van der Waals surface area (Å²) in [4.78, 5) is 11.5. The van der Waals surface area contributed by atoms with Gasteiger partial charge in [-0.15, -0.1) is 0 Å². The fourth-order valence-electron chi connectivity index (χ4n) is 1.86. The standard InChI is InChI=1S/C16H17BO3.CH4/c1-17(2)13-7-9-14(10-8-13)20-15-6-4-5-12(11-15)16(18)19-3;/h4-11H,1-3H3;1H4. The van der Waals surface area contributed by atoms with Crippen molar-refractivity contribution >= 4 is 18.1 Å². The summed E-state index contributed by atoms with van der Waals surface area (Å²) >= 11 is 0. The molecule has 0 amide bonds. The van der Waals surface area contributed by atoms with Crippen molar-refractivity contribution in [3.63, 3.8) is 0 Å². The average molecular weight is 284 g/mol. The second-order valence-electron chi connectivity index (χ2n) is 4.85. The maximum atomic E-state index is 11.5. The molecule has 0 unspecified atom stereocenters. The Labute approximate surface area is 127 Å². The second-order valence-corrected chi connectivity index (χ2v) is 4.85. The van der Waals surface area contributed by atoms with Crippen LogP contribution in [-0.2, 0) is 4.74 Å². The van der Waals surface area contributed by atoms with Crippen LogP contribution in [0, 0.1) is 0 Å². The first-order valence-corrected chi connectivity index (χ1v) is 6.56. The molecule has 2 aromatic rings. The molecule has 0 saturated heterocycles. The Morgan fingerprint density at radius 2 is 1.67 bits per heavy atom. The molecule has 0 atom stereocenters. The van der Waals surface area contributed by atoms with E-state index in [1.165, 1.54) is 12.6 Å². The normalized spacial score (nSPS) is 9.48. The minimum absolute atomic E-state index is 0. The lowest BCUT2D eigenvalue weighted by Crippen LogP contribution is -2.21. The Hall–Kier alpha value is -2.23. The number of methoxy groups -OCH3 is 1. The van der Waals surface area contributed by atoms with E-state index < -0.39 is 0 Å². The SMILES string of the molecule is C.COC(=O)c1cccc(Oc2ccc(B(C)C)cc2)c1. The van der Waals surface area contributed by atoms with Crippen LogP contribution in [0.2, 0.25) is 13.6 Å². The maximum absolute atomic E-state index is 11.5. The number of hydrogen-bond acceptors (Lipinski definition) is 3. The summed E-state index contributed by atoms with van der Waals surface area (Å²) in [5, 5.41) is 0. The van der Waals surface area contributed by atoms with Gasteiger partial charge < -0.3 is 9.47 Å². The Balaban J connectivity index is 0.00000220. The minimum Gasteiger partial charge on any atom is -0.465 e. The minimum atomic E-state index is -0.370. The van der Waals surface area contributed by atoms with E-state index in [1.807, 2.05) is 30.3 Å². The number of ether oxygens (including phenoxy) is 2. The van der Waals surface area contributed by atoms with Crippen LogP contribution in [-0.4, -0.2) is 19.8 Å². The highest BCUT2D eigenvalue weighted by Crippen LogP contribution is 2.21. The van der Waals surface area contributed by atoms with Gasteiger partial charge in [0.05, 0.1) is 12.7 Å². The first kappa shape index (κ1) is 16.8.